The number of hydrogen-bond acceptors (Lipinski definition) is 9. The van der Waals surface area contributed by atoms with Gasteiger partial charge in [0.1, 0.15) is 35.9 Å². The van der Waals surface area contributed by atoms with Crippen LogP contribution in [0.25, 0.3) is 10.4 Å². The summed E-state index contributed by atoms with van der Waals surface area (Å²) in [7, 11) is 0. The molecule has 0 spiro atoms. The number of azide groups is 1. The fourth-order valence-electron chi connectivity index (χ4n) is 6.47. The van der Waals surface area contributed by atoms with Gasteiger partial charge in [-0.15, -0.1) is 11.8 Å². The highest BCUT2D eigenvalue weighted by Gasteiger charge is 2.52. The molecule has 0 saturated carbocycles. The lowest BCUT2D eigenvalue weighted by atomic mass is 9.85. The highest BCUT2D eigenvalue weighted by Crippen LogP contribution is 2.38. The number of carboxylic acid groups (broad SMARTS) is 1. The van der Waals surface area contributed by atoms with E-state index in [0.717, 1.165) is 24.2 Å². The molecule has 14 heteroatoms. The molecule has 224 valence electrons. The molecular weight excluding hydrogens is 542 g/mol. The molecule has 2 unspecified atom stereocenters. The summed E-state index contributed by atoms with van der Waals surface area (Å²) in [5, 5.41) is 48.3. The third-order valence-electron chi connectivity index (χ3n) is 8.30. The van der Waals surface area contributed by atoms with E-state index in [-0.39, 0.29) is 30.7 Å². The Morgan fingerprint density at radius 3 is 2.62 bits per heavy atom. The predicted molar refractivity (Wildman–Crippen MR) is 146 cm³/mol. The molecule has 0 aromatic rings. The van der Waals surface area contributed by atoms with Gasteiger partial charge >= 0.3 is 6.09 Å². The molecule has 4 aliphatic rings. The van der Waals surface area contributed by atoms with E-state index in [1.807, 2.05) is 12.2 Å². The zero-order valence-corrected chi connectivity index (χ0v) is 23.7. The van der Waals surface area contributed by atoms with Crippen molar-refractivity contribution in [1.29, 1.82) is 0 Å². The normalized spacial score (nSPS) is 40.0. The Kier molecular flexibility index (Phi) is 10.6. The van der Waals surface area contributed by atoms with Gasteiger partial charge in [0.15, 0.2) is 0 Å². The van der Waals surface area contributed by atoms with E-state index in [1.165, 1.54) is 11.8 Å². The Morgan fingerprint density at radius 1 is 1.18 bits per heavy atom. The molecule has 4 aliphatic heterocycles. The number of hydrogen-bond donors (Lipinski definition) is 5. The van der Waals surface area contributed by atoms with Crippen molar-refractivity contribution in [2.75, 3.05) is 19.7 Å². The van der Waals surface area contributed by atoms with E-state index in [9.17, 15) is 30.0 Å². The molecule has 3 fully saturated rings. The number of aliphatic hydroxyl groups is 3. The van der Waals surface area contributed by atoms with E-state index in [2.05, 4.69) is 29.2 Å². The molecule has 2 bridgehead atoms. The van der Waals surface area contributed by atoms with Crippen LogP contribution in [-0.2, 0) is 14.3 Å². The Labute approximate surface area is 237 Å². The monoisotopic (exact) mass is 583 g/mol. The first-order chi connectivity index (χ1) is 19.1. The maximum atomic E-state index is 13.8. The van der Waals surface area contributed by atoms with Crippen LogP contribution >= 0.6 is 11.8 Å². The number of ether oxygens (including phenoxy) is 2. The Balaban J connectivity index is 1.55. The van der Waals surface area contributed by atoms with Gasteiger partial charge < -0.3 is 35.2 Å². The van der Waals surface area contributed by atoms with Crippen molar-refractivity contribution in [1.82, 2.24) is 10.2 Å². The molecule has 0 aromatic carbocycles. The second kappa shape index (κ2) is 13.7. The van der Waals surface area contributed by atoms with Crippen LogP contribution in [0.1, 0.15) is 46.0 Å². The molecule has 3 saturated heterocycles. The number of likely N-dealkylation sites (tertiary alicyclic amines) is 1. The zero-order valence-electron chi connectivity index (χ0n) is 22.9. The van der Waals surface area contributed by atoms with Gasteiger partial charge in [0, 0.05) is 35.8 Å². The summed E-state index contributed by atoms with van der Waals surface area (Å²) in [4.78, 5) is 29.9. The van der Waals surface area contributed by atoms with Crippen molar-refractivity contribution in [3.05, 3.63) is 22.6 Å². The molecule has 4 rings (SSSR count). The molecule has 0 aromatic heterocycles. The average Bonchev–Trinajstić information content (AvgIpc) is 3.15. The fraction of sp³-hybridized carbons (Fsp3) is 0.846. The minimum atomic E-state index is -1.53. The number of nitrogens with one attached hydrogen (secondary N) is 1. The molecule has 13 nitrogen and oxygen atoms in total. The largest absolute Gasteiger partial charge is 0.465 e. The lowest BCUT2D eigenvalue weighted by molar-refractivity contribution is -0.205. The van der Waals surface area contributed by atoms with Crippen molar-refractivity contribution in [2.24, 2.45) is 22.9 Å². The molecule has 11 atom stereocenters. The summed E-state index contributed by atoms with van der Waals surface area (Å²) >= 11 is 1.19. The van der Waals surface area contributed by atoms with Gasteiger partial charge in [-0.3, -0.25) is 9.69 Å². The van der Waals surface area contributed by atoms with Crippen LogP contribution in [0.15, 0.2) is 17.3 Å². The number of nitrogens with zero attached hydrogens (tertiary/aromatic N) is 4. The molecule has 2 amide bonds. The van der Waals surface area contributed by atoms with Crippen LogP contribution in [0.5, 0.6) is 0 Å². The smallest absolute Gasteiger partial charge is 0.408 e. The predicted octanol–water partition coefficient (Wildman–Crippen LogP) is 1.86. The summed E-state index contributed by atoms with van der Waals surface area (Å²) in [6.45, 7) is 5.12. The number of thioether (sulfide) groups is 1. The second-order valence-electron chi connectivity index (χ2n) is 11.7. The number of amides is 2. The maximum absolute atomic E-state index is 13.8. The topological polar surface area (TPSA) is 198 Å². The van der Waals surface area contributed by atoms with Crippen LogP contribution in [0.4, 0.5) is 4.79 Å². The summed E-state index contributed by atoms with van der Waals surface area (Å²) in [5.74, 6) is 0.246. The highest BCUT2D eigenvalue weighted by atomic mass is 32.2. The first-order valence-electron chi connectivity index (χ1n) is 14.0. The van der Waals surface area contributed by atoms with E-state index in [0.29, 0.717) is 24.9 Å². The SMILES string of the molecule is CC(C)C[C@@H]1CCO[C@H]2C(C(=O)N[C@@H]3CC=CCC(CN=[N+]=[N-])S[C@H]4O[C@H]3[C@H](O)[C@H](O)[C@H]4O)N(C(=O)O)C[C@@H]2C1. The van der Waals surface area contributed by atoms with Gasteiger partial charge in [0.05, 0.1) is 12.1 Å². The number of fused-ring (bicyclic) bond motifs is 3. The molecular formula is C26H41N5O8S. The molecule has 0 aliphatic carbocycles. The lowest BCUT2D eigenvalue weighted by Crippen LogP contribution is -2.64. The van der Waals surface area contributed by atoms with E-state index >= 15 is 0 Å². The quantitative estimate of drug-likeness (QED) is 0.134. The highest BCUT2D eigenvalue weighted by molar-refractivity contribution is 8.00. The van der Waals surface area contributed by atoms with Gasteiger partial charge in [-0.1, -0.05) is 31.1 Å². The van der Waals surface area contributed by atoms with Crippen molar-refractivity contribution < 1.29 is 39.5 Å². The Bertz CT molecular complexity index is 981. The summed E-state index contributed by atoms with van der Waals surface area (Å²) in [5.41, 5.74) is 7.77. The third-order valence-corrected chi connectivity index (χ3v) is 9.68. The van der Waals surface area contributed by atoms with E-state index in [1.54, 1.807) is 0 Å². The minimum Gasteiger partial charge on any atom is -0.465 e. The summed E-state index contributed by atoms with van der Waals surface area (Å²) < 4.78 is 12.2. The van der Waals surface area contributed by atoms with Gasteiger partial charge in [0.2, 0.25) is 5.91 Å². The zero-order chi connectivity index (χ0) is 29.0. The Hall–Kier alpha value is -2.06. The third kappa shape index (κ3) is 7.04. The van der Waals surface area contributed by atoms with Gasteiger partial charge in [-0.2, -0.15) is 0 Å². The second-order valence-corrected chi connectivity index (χ2v) is 13.1. The average molecular weight is 584 g/mol. The van der Waals surface area contributed by atoms with Crippen molar-refractivity contribution in [3.63, 3.8) is 0 Å². The maximum Gasteiger partial charge on any atom is 0.408 e. The van der Waals surface area contributed by atoms with Crippen molar-refractivity contribution >= 4 is 23.8 Å². The molecule has 40 heavy (non-hydrogen) atoms. The Morgan fingerprint density at radius 2 is 1.93 bits per heavy atom. The number of allylic oxidation sites excluding steroid dienone is 1. The number of rotatable bonds is 6. The van der Waals surface area contributed by atoms with Crippen molar-refractivity contribution in [3.8, 4) is 0 Å². The first kappa shape index (κ1) is 30.9. The van der Waals surface area contributed by atoms with Crippen LogP contribution in [0.3, 0.4) is 0 Å². The van der Waals surface area contributed by atoms with Crippen molar-refractivity contribution in [2.45, 2.75) is 99.2 Å². The van der Waals surface area contributed by atoms with Crippen LogP contribution in [0, 0.1) is 17.8 Å². The fourth-order valence-corrected chi connectivity index (χ4v) is 7.74. The van der Waals surface area contributed by atoms with E-state index in [4.69, 9.17) is 15.0 Å². The number of carbonyl (C=O) groups excluding carboxylic acids is 1. The van der Waals surface area contributed by atoms with E-state index < -0.39 is 60.0 Å². The number of carbonyl (C=O) groups is 2. The lowest BCUT2D eigenvalue weighted by Gasteiger charge is -2.44. The first-order valence-corrected chi connectivity index (χ1v) is 15.0. The molecule has 5 N–H and O–H groups in total. The summed E-state index contributed by atoms with van der Waals surface area (Å²) in [6.07, 6.45) is -0.232. The van der Waals surface area contributed by atoms with Crippen LogP contribution in [0.2, 0.25) is 0 Å². The summed E-state index contributed by atoms with van der Waals surface area (Å²) in [6, 6.07) is -1.87. The standard InChI is InChI=1S/C26H41N5O8S/c1-13(2)9-14-7-8-38-22-15(10-14)12-31(26(36)37)18(22)24(35)29-17-6-4-3-5-16(11-28-30-27)40-25-21(34)19(32)20(33)23(17)39-25/h3-4,13-23,25,32-34H,5-12H2,1-2H3,(H,29,35)(H,36,37)/t14-,15-,16?,17+,18?,19-,20+,21+,22+,23+,25+/m0/s1. The number of aliphatic hydroxyl groups excluding tert-OH is 3. The minimum absolute atomic E-state index is 0.107. The molecule has 0 radical (unpaired) electrons. The van der Waals surface area contributed by atoms with Gasteiger partial charge in [-0.25, -0.2) is 4.79 Å². The van der Waals surface area contributed by atoms with Crippen LogP contribution in [-0.4, -0.2) is 110 Å². The molecule has 4 heterocycles. The van der Waals surface area contributed by atoms with Gasteiger partial charge in [-0.05, 0) is 49.5 Å². The van der Waals surface area contributed by atoms with Crippen LogP contribution < -0.4 is 5.32 Å². The van der Waals surface area contributed by atoms with Gasteiger partial charge in [0.25, 0.3) is 0 Å².